The number of nitrogens with zero attached hydrogens (tertiary/aromatic N) is 1. The van der Waals surface area contributed by atoms with Crippen molar-refractivity contribution >= 4 is 11.9 Å². The summed E-state index contributed by atoms with van der Waals surface area (Å²) in [6, 6.07) is 18.3. The van der Waals surface area contributed by atoms with Gasteiger partial charge in [-0.3, -0.25) is 15.0 Å². The minimum absolute atomic E-state index is 0.0736. The van der Waals surface area contributed by atoms with Crippen LogP contribution in [-0.4, -0.2) is 70.8 Å². The predicted molar refractivity (Wildman–Crippen MR) is 121 cm³/mol. The van der Waals surface area contributed by atoms with Crippen LogP contribution in [0.4, 0.5) is 4.79 Å². The molecular formula is C25H30N2O7. The molecule has 2 heterocycles. The second-order valence-electron chi connectivity index (χ2n) is 8.77. The summed E-state index contributed by atoms with van der Waals surface area (Å²) in [5, 5.41) is 23.9. The van der Waals surface area contributed by atoms with Crippen molar-refractivity contribution < 1.29 is 34.0 Å². The van der Waals surface area contributed by atoms with Crippen molar-refractivity contribution in [3.63, 3.8) is 0 Å². The second kappa shape index (κ2) is 10.6. The molecule has 2 aromatic rings. The maximum absolute atomic E-state index is 12.5. The number of amides is 3. The van der Waals surface area contributed by atoms with Gasteiger partial charge < -0.3 is 24.4 Å². The van der Waals surface area contributed by atoms with Gasteiger partial charge >= 0.3 is 6.03 Å². The Hall–Kier alpha value is -2.82. The molecule has 0 aliphatic carbocycles. The molecule has 2 fully saturated rings. The number of hydrogen-bond acceptors (Lipinski definition) is 7. The fourth-order valence-corrected chi connectivity index (χ4v) is 4.28. The van der Waals surface area contributed by atoms with Gasteiger partial charge in [-0.2, -0.15) is 0 Å². The second-order valence-corrected chi connectivity index (χ2v) is 8.77. The highest BCUT2D eigenvalue weighted by Gasteiger charge is 2.58. The van der Waals surface area contributed by atoms with E-state index in [0.717, 1.165) is 11.1 Å². The average Bonchev–Trinajstić information content (AvgIpc) is 3.13. The van der Waals surface area contributed by atoms with Crippen LogP contribution in [0.25, 0.3) is 0 Å². The number of imide groups is 1. The Morgan fingerprint density at radius 3 is 2.29 bits per heavy atom. The molecular weight excluding hydrogens is 440 g/mol. The zero-order valence-corrected chi connectivity index (χ0v) is 19.0. The van der Waals surface area contributed by atoms with Crippen molar-refractivity contribution in [1.29, 1.82) is 0 Å². The van der Waals surface area contributed by atoms with Crippen molar-refractivity contribution in [3.8, 4) is 0 Å². The van der Waals surface area contributed by atoms with Crippen LogP contribution in [0, 0.1) is 5.92 Å². The first-order chi connectivity index (χ1) is 16.4. The van der Waals surface area contributed by atoms with Gasteiger partial charge in [-0.05, 0) is 11.1 Å². The Morgan fingerprint density at radius 2 is 1.68 bits per heavy atom. The third-order valence-electron chi connectivity index (χ3n) is 6.19. The number of carbonyl (C=O) groups is 2. The van der Waals surface area contributed by atoms with Crippen LogP contribution in [0.2, 0.25) is 0 Å². The van der Waals surface area contributed by atoms with Gasteiger partial charge in [0.15, 0.2) is 6.23 Å². The molecule has 0 aromatic heterocycles. The molecule has 9 heteroatoms. The maximum atomic E-state index is 12.5. The number of hydrogen-bond donors (Lipinski definition) is 3. The Morgan fingerprint density at radius 1 is 1.06 bits per heavy atom. The van der Waals surface area contributed by atoms with Crippen molar-refractivity contribution in [1.82, 2.24) is 10.2 Å². The van der Waals surface area contributed by atoms with Gasteiger partial charge in [-0.25, -0.2) is 4.79 Å². The number of nitrogens with one attached hydrogen (secondary N) is 1. The van der Waals surface area contributed by atoms with Crippen LogP contribution in [0.3, 0.4) is 0 Å². The Kier molecular flexibility index (Phi) is 7.60. The zero-order chi connectivity index (χ0) is 24.1. The molecule has 0 bridgehead atoms. The standard InChI is InChI=1S/C25H30N2O7/c1-17-12-27(24(31)26-22(17)30)23-20(29)21(33-14-19-10-6-3-7-11-19)25(15-28,34-23)16-32-13-18-8-4-2-5-9-18/h2-11,17,20-21,23,28-29H,12-16H2,1H3,(H,26,30,31)/t17?,20-,21+,23-,25-/m1/s1. The number of benzene rings is 2. The minimum atomic E-state index is -1.42. The zero-order valence-electron chi connectivity index (χ0n) is 19.0. The van der Waals surface area contributed by atoms with Gasteiger partial charge in [-0.1, -0.05) is 67.6 Å². The van der Waals surface area contributed by atoms with Crippen molar-refractivity contribution in [2.45, 2.75) is 44.2 Å². The van der Waals surface area contributed by atoms with Crippen LogP contribution >= 0.6 is 0 Å². The maximum Gasteiger partial charge on any atom is 0.326 e. The number of rotatable bonds is 9. The number of carbonyl (C=O) groups excluding carboxylic acids is 2. The van der Waals surface area contributed by atoms with E-state index in [9.17, 15) is 19.8 Å². The Balaban J connectivity index is 1.54. The lowest BCUT2D eigenvalue weighted by atomic mass is 9.96. The molecule has 3 amide bonds. The lowest BCUT2D eigenvalue weighted by Crippen LogP contribution is -2.59. The van der Waals surface area contributed by atoms with Gasteiger partial charge in [0.25, 0.3) is 0 Å². The van der Waals surface area contributed by atoms with E-state index in [4.69, 9.17) is 14.2 Å². The molecule has 2 aromatic carbocycles. The van der Waals surface area contributed by atoms with Gasteiger partial charge in [0.2, 0.25) is 5.91 Å². The summed E-state index contributed by atoms with van der Waals surface area (Å²) in [6.07, 6.45) is -3.38. The van der Waals surface area contributed by atoms with E-state index in [2.05, 4.69) is 5.32 Å². The van der Waals surface area contributed by atoms with Crippen LogP contribution in [-0.2, 0) is 32.2 Å². The molecule has 2 saturated heterocycles. The summed E-state index contributed by atoms with van der Waals surface area (Å²) >= 11 is 0. The highest BCUT2D eigenvalue weighted by molar-refractivity contribution is 5.97. The van der Waals surface area contributed by atoms with E-state index in [0.29, 0.717) is 0 Å². The average molecular weight is 471 g/mol. The summed E-state index contributed by atoms with van der Waals surface area (Å²) in [5.74, 6) is -0.860. The fraction of sp³-hybridized carbons (Fsp3) is 0.440. The summed E-state index contributed by atoms with van der Waals surface area (Å²) in [6.45, 7) is 1.62. The first-order valence-corrected chi connectivity index (χ1v) is 11.3. The molecule has 182 valence electrons. The largest absolute Gasteiger partial charge is 0.393 e. The van der Waals surface area contributed by atoms with E-state index >= 15 is 0 Å². The van der Waals surface area contributed by atoms with Crippen molar-refractivity contribution in [3.05, 3.63) is 71.8 Å². The third kappa shape index (κ3) is 5.13. The van der Waals surface area contributed by atoms with Crippen LogP contribution < -0.4 is 5.32 Å². The molecule has 5 atom stereocenters. The molecule has 34 heavy (non-hydrogen) atoms. The van der Waals surface area contributed by atoms with Crippen molar-refractivity contribution in [2.75, 3.05) is 19.8 Å². The van der Waals surface area contributed by atoms with E-state index in [-0.39, 0.29) is 32.3 Å². The van der Waals surface area contributed by atoms with Gasteiger partial charge in [0.05, 0.1) is 32.3 Å². The van der Waals surface area contributed by atoms with E-state index in [1.54, 1.807) is 6.92 Å². The molecule has 1 unspecified atom stereocenters. The van der Waals surface area contributed by atoms with Crippen LogP contribution in [0.5, 0.6) is 0 Å². The van der Waals surface area contributed by atoms with Crippen molar-refractivity contribution in [2.24, 2.45) is 5.92 Å². The lowest BCUT2D eigenvalue weighted by Gasteiger charge is -2.36. The highest BCUT2D eigenvalue weighted by atomic mass is 16.6. The lowest BCUT2D eigenvalue weighted by molar-refractivity contribution is -0.181. The molecule has 2 aliphatic rings. The summed E-state index contributed by atoms with van der Waals surface area (Å²) < 4.78 is 18.1. The third-order valence-corrected chi connectivity index (χ3v) is 6.19. The Labute approximate surface area is 198 Å². The number of aliphatic hydroxyl groups is 2. The van der Waals surface area contributed by atoms with Gasteiger partial charge in [0, 0.05) is 6.54 Å². The fourth-order valence-electron chi connectivity index (χ4n) is 4.28. The molecule has 2 aliphatic heterocycles. The molecule has 4 rings (SSSR count). The molecule has 0 saturated carbocycles. The van der Waals surface area contributed by atoms with Gasteiger partial charge in [0.1, 0.15) is 17.8 Å². The first-order valence-electron chi connectivity index (χ1n) is 11.3. The van der Waals surface area contributed by atoms with Crippen LogP contribution in [0.1, 0.15) is 18.1 Å². The number of aliphatic hydroxyl groups excluding tert-OH is 2. The number of ether oxygens (including phenoxy) is 3. The van der Waals surface area contributed by atoms with E-state index < -0.39 is 42.6 Å². The molecule has 9 nitrogen and oxygen atoms in total. The number of urea groups is 1. The highest BCUT2D eigenvalue weighted by Crippen LogP contribution is 2.37. The normalized spacial score (nSPS) is 29.3. The topological polar surface area (TPSA) is 118 Å². The quantitative estimate of drug-likeness (QED) is 0.507. The minimum Gasteiger partial charge on any atom is -0.393 e. The monoisotopic (exact) mass is 470 g/mol. The first kappa shape index (κ1) is 24.3. The summed E-state index contributed by atoms with van der Waals surface area (Å²) in [5.41, 5.74) is 0.402. The molecule has 0 spiro atoms. The van der Waals surface area contributed by atoms with E-state index in [1.165, 1.54) is 4.90 Å². The summed E-state index contributed by atoms with van der Waals surface area (Å²) in [4.78, 5) is 25.7. The Bertz CT molecular complexity index is 974. The van der Waals surface area contributed by atoms with Gasteiger partial charge in [-0.15, -0.1) is 0 Å². The SMILES string of the molecule is CC1CN([C@@H]2O[C@](CO)(COCc3ccccc3)[C@@H](OCc3ccccc3)[C@H]2O)C(=O)NC1=O. The van der Waals surface area contributed by atoms with E-state index in [1.807, 2.05) is 60.7 Å². The smallest absolute Gasteiger partial charge is 0.326 e. The predicted octanol–water partition coefficient (Wildman–Crippen LogP) is 1.42. The molecule has 0 radical (unpaired) electrons. The van der Waals surface area contributed by atoms with Crippen LogP contribution in [0.15, 0.2) is 60.7 Å². The summed E-state index contributed by atoms with van der Waals surface area (Å²) in [7, 11) is 0. The molecule has 3 N–H and O–H groups in total.